The molecule has 1 aliphatic carbocycles. The van der Waals surface area contributed by atoms with Crippen LogP contribution in [0.15, 0.2) is 0 Å². The third-order valence-corrected chi connectivity index (χ3v) is 4.97. The third-order valence-electron chi connectivity index (χ3n) is 4.97. The first kappa shape index (κ1) is 19.5. The summed E-state index contributed by atoms with van der Waals surface area (Å²) in [5.41, 5.74) is -0.00683. The maximum Gasteiger partial charge on any atom is 0.410 e. The van der Waals surface area contributed by atoms with Crippen molar-refractivity contribution < 1.29 is 14.3 Å². The number of amides is 1. The van der Waals surface area contributed by atoms with Gasteiger partial charge in [0.05, 0.1) is 19.3 Å². The minimum Gasteiger partial charge on any atom is -0.444 e. The minimum absolute atomic E-state index is 0.0884. The molecule has 1 heterocycles. The topological polar surface area (TPSA) is 50.8 Å². The lowest BCUT2D eigenvalue weighted by Crippen LogP contribution is -2.52. The molecule has 3 unspecified atom stereocenters. The summed E-state index contributed by atoms with van der Waals surface area (Å²) in [4.78, 5) is 14.3. The highest BCUT2D eigenvalue weighted by Gasteiger charge is 2.34. The van der Waals surface area contributed by atoms with Gasteiger partial charge in [-0.15, -0.1) is 0 Å². The van der Waals surface area contributed by atoms with Crippen molar-refractivity contribution in [3.63, 3.8) is 0 Å². The average molecular weight is 341 g/mol. The molecule has 0 bridgehead atoms. The first-order valence-corrected chi connectivity index (χ1v) is 9.39. The van der Waals surface area contributed by atoms with Crippen LogP contribution in [0.1, 0.15) is 67.2 Å². The van der Waals surface area contributed by atoms with Gasteiger partial charge in [-0.25, -0.2) is 4.79 Å². The second-order valence-electron chi connectivity index (χ2n) is 9.31. The summed E-state index contributed by atoms with van der Waals surface area (Å²) in [5.74, 6) is 0. The van der Waals surface area contributed by atoms with Crippen LogP contribution in [-0.2, 0) is 9.47 Å². The normalized spacial score (nSPS) is 28.7. The van der Waals surface area contributed by atoms with Gasteiger partial charge in [-0.1, -0.05) is 13.8 Å². The number of carbonyl (C=O) groups is 1. The predicted octanol–water partition coefficient (Wildman–Crippen LogP) is 3.57. The highest BCUT2D eigenvalue weighted by molar-refractivity contribution is 5.68. The van der Waals surface area contributed by atoms with Crippen molar-refractivity contribution in [2.24, 2.45) is 5.41 Å². The molecule has 24 heavy (non-hydrogen) atoms. The third kappa shape index (κ3) is 5.92. The molecule has 1 N–H and O–H groups in total. The van der Waals surface area contributed by atoms with Gasteiger partial charge >= 0.3 is 6.09 Å². The fraction of sp³-hybridized carbons (Fsp3) is 0.947. The Morgan fingerprint density at radius 3 is 2.71 bits per heavy atom. The lowest BCUT2D eigenvalue weighted by atomic mass is 9.91. The molecule has 3 atom stereocenters. The largest absolute Gasteiger partial charge is 0.444 e. The molecular formula is C19H36N2O3. The lowest BCUT2D eigenvalue weighted by Gasteiger charge is -2.38. The summed E-state index contributed by atoms with van der Waals surface area (Å²) in [6.07, 6.45) is 4.44. The van der Waals surface area contributed by atoms with Crippen molar-refractivity contribution in [1.82, 2.24) is 10.2 Å². The van der Waals surface area contributed by atoms with Gasteiger partial charge in [-0.05, 0) is 58.8 Å². The van der Waals surface area contributed by atoms with Crippen molar-refractivity contribution >= 4 is 6.09 Å². The summed E-state index contributed by atoms with van der Waals surface area (Å²) in [6, 6.07) is 1.04. The zero-order chi connectivity index (χ0) is 18.0. The van der Waals surface area contributed by atoms with E-state index in [1.54, 1.807) is 0 Å². The summed E-state index contributed by atoms with van der Waals surface area (Å²) in [6.45, 7) is 14.4. The fourth-order valence-corrected chi connectivity index (χ4v) is 3.87. The first-order chi connectivity index (χ1) is 11.1. The average Bonchev–Trinajstić information content (AvgIpc) is 2.76. The maximum atomic E-state index is 12.5. The van der Waals surface area contributed by atoms with Crippen molar-refractivity contribution in [3.05, 3.63) is 0 Å². The van der Waals surface area contributed by atoms with Gasteiger partial charge in [0.2, 0.25) is 0 Å². The standard InChI is InChI=1S/C19H36N2O3/c1-14(20-15-7-8-19(5,6)12-15)11-16-13-23-10-9-21(16)17(22)24-18(2,3)4/h14-16,20H,7-13H2,1-6H3. The SMILES string of the molecule is CC(CC1COCCN1C(=O)OC(C)(C)C)NC1CCC(C)(C)C1. The number of morpholine rings is 1. The van der Waals surface area contributed by atoms with E-state index in [9.17, 15) is 4.79 Å². The number of hydrogen-bond donors (Lipinski definition) is 1. The smallest absolute Gasteiger partial charge is 0.410 e. The number of ether oxygens (including phenoxy) is 2. The molecule has 1 saturated carbocycles. The zero-order valence-corrected chi connectivity index (χ0v) is 16.4. The molecule has 1 saturated heterocycles. The molecule has 0 spiro atoms. The van der Waals surface area contributed by atoms with Crippen LogP contribution in [0.3, 0.4) is 0 Å². The number of nitrogens with zero attached hydrogens (tertiary/aromatic N) is 1. The molecule has 1 aliphatic heterocycles. The van der Waals surface area contributed by atoms with Crippen LogP contribution in [0.4, 0.5) is 4.79 Å². The number of rotatable bonds is 4. The Balaban J connectivity index is 1.87. The van der Waals surface area contributed by atoms with Crippen LogP contribution in [0.2, 0.25) is 0 Å². The van der Waals surface area contributed by atoms with Gasteiger partial charge in [0, 0.05) is 18.6 Å². The maximum absolute atomic E-state index is 12.5. The van der Waals surface area contributed by atoms with Gasteiger partial charge in [0.1, 0.15) is 5.60 Å². The van der Waals surface area contributed by atoms with E-state index in [-0.39, 0.29) is 12.1 Å². The van der Waals surface area contributed by atoms with E-state index in [1.165, 1.54) is 19.3 Å². The fourth-order valence-electron chi connectivity index (χ4n) is 3.87. The van der Waals surface area contributed by atoms with E-state index in [2.05, 4.69) is 26.1 Å². The highest BCUT2D eigenvalue weighted by Crippen LogP contribution is 2.37. The van der Waals surface area contributed by atoms with Gasteiger partial charge in [-0.3, -0.25) is 0 Å². The van der Waals surface area contributed by atoms with Crippen molar-refractivity contribution in [2.75, 3.05) is 19.8 Å². The van der Waals surface area contributed by atoms with Crippen LogP contribution in [-0.4, -0.2) is 54.5 Å². The predicted molar refractivity (Wildman–Crippen MR) is 96.2 cm³/mol. The van der Waals surface area contributed by atoms with Gasteiger partial charge in [0.15, 0.2) is 0 Å². The van der Waals surface area contributed by atoms with Crippen molar-refractivity contribution in [3.8, 4) is 0 Å². The second-order valence-corrected chi connectivity index (χ2v) is 9.31. The van der Waals surface area contributed by atoms with Crippen LogP contribution in [0, 0.1) is 5.41 Å². The number of hydrogen-bond acceptors (Lipinski definition) is 4. The van der Waals surface area contributed by atoms with E-state index in [0.717, 1.165) is 6.42 Å². The van der Waals surface area contributed by atoms with Crippen LogP contribution in [0.5, 0.6) is 0 Å². The van der Waals surface area contributed by atoms with Gasteiger partial charge in [0.25, 0.3) is 0 Å². The second kappa shape index (κ2) is 7.61. The van der Waals surface area contributed by atoms with E-state index in [4.69, 9.17) is 9.47 Å². The van der Waals surface area contributed by atoms with Crippen LogP contribution >= 0.6 is 0 Å². The summed E-state index contributed by atoms with van der Waals surface area (Å²) < 4.78 is 11.2. The van der Waals surface area contributed by atoms with Crippen molar-refractivity contribution in [2.45, 2.75) is 91.0 Å². The molecule has 1 amide bonds. The molecule has 140 valence electrons. The van der Waals surface area contributed by atoms with Crippen LogP contribution in [0.25, 0.3) is 0 Å². The Hall–Kier alpha value is -0.810. The molecule has 5 nitrogen and oxygen atoms in total. The molecular weight excluding hydrogens is 304 g/mol. The molecule has 2 fully saturated rings. The van der Waals surface area contributed by atoms with Gasteiger partial charge in [-0.2, -0.15) is 0 Å². The molecule has 0 aromatic heterocycles. The monoisotopic (exact) mass is 340 g/mol. The summed E-state index contributed by atoms with van der Waals surface area (Å²) in [7, 11) is 0. The van der Waals surface area contributed by atoms with E-state index >= 15 is 0 Å². The lowest BCUT2D eigenvalue weighted by molar-refractivity contribution is -0.0357. The molecule has 0 aromatic rings. The Morgan fingerprint density at radius 1 is 1.42 bits per heavy atom. The van der Waals surface area contributed by atoms with Gasteiger partial charge < -0.3 is 19.7 Å². The Labute approximate surface area is 147 Å². The zero-order valence-electron chi connectivity index (χ0n) is 16.4. The molecule has 2 aliphatic rings. The Bertz CT molecular complexity index is 431. The van der Waals surface area contributed by atoms with E-state index in [0.29, 0.717) is 37.3 Å². The van der Waals surface area contributed by atoms with Crippen LogP contribution < -0.4 is 5.32 Å². The highest BCUT2D eigenvalue weighted by atomic mass is 16.6. The number of nitrogens with one attached hydrogen (secondary N) is 1. The number of carbonyl (C=O) groups excluding carboxylic acids is 1. The summed E-state index contributed by atoms with van der Waals surface area (Å²) in [5, 5.41) is 3.76. The van der Waals surface area contributed by atoms with E-state index in [1.807, 2.05) is 25.7 Å². The summed E-state index contributed by atoms with van der Waals surface area (Å²) >= 11 is 0. The van der Waals surface area contributed by atoms with E-state index < -0.39 is 5.60 Å². The molecule has 0 aromatic carbocycles. The first-order valence-electron chi connectivity index (χ1n) is 9.39. The molecule has 0 radical (unpaired) electrons. The Morgan fingerprint density at radius 2 is 2.12 bits per heavy atom. The molecule has 5 heteroatoms. The Kier molecular flexibility index (Phi) is 6.19. The molecule has 2 rings (SSSR count). The van der Waals surface area contributed by atoms with Crippen molar-refractivity contribution in [1.29, 1.82) is 0 Å². The quantitative estimate of drug-likeness (QED) is 0.850. The minimum atomic E-state index is -0.459.